The van der Waals surface area contributed by atoms with E-state index in [1.54, 1.807) is 11.9 Å². The average molecular weight is 413 g/mol. The Kier molecular flexibility index (Phi) is 6.24. The standard InChI is InChI=1S/C14H22FN3O3.C2HF3O2/c1-16-11(19)10-6-21-13(7-17(10)2)8-18(9-13)12(20)14(15)4-3-5-14;3-2(4,5)1(6)7/h10H,3-9H2,1-2H3,(H,16,19);(H,6,7). The number of likely N-dealkylation sites (N-methyl/N-ethyl adjacent to an activating group) is 2. The van der Waals surface area contributed by atoms with E-state index in [0.717, 1.165) is 6.42 Å². The molecule has 1 aliphatic carbocycles. The van der Waals surface area contributed by atoms with Gasteiger partial charge in [0.15, 0.2) is 5.67 Å². The third-order valence-electron chi connectivity index (χ3n) is 5.18. The van der Waals surface area contributed by atoms with Gasteiger partial charge in [0.2, 0.25) is 5.91 Å². The van der Waals surface area contributed by atoms with Crippen LogP contribution in [0, 0.1) is 0 Å². The van der Waals surface area contributed by atoms with E-state index in [-0.39, 0.29) is 17.9 Å². The zero-order valence-corrected chi connectivity index (χ0v) is 15.5. The highest BCUT2D eigenvalue weighted by Crippen LogP contribution is 2.40. The highest BCUT2D eigenvalue weighted by Gasteiger charge is 2.56. The second kappa shape index (κ2) is 7.82. The second-order valence-electron chi connectivity index (χ2n) is 7.32. The van der Waals surface area contributed by atoms with Crippen molar-refractivity contribution in [3.05, 3.63) is 0 Å². The number of alkyl halides is 4. The van der Waals surface area contributed by atoms with Crippen molar-refractivity contribution in [2.45, 2.75) is 42.8 Å². The van der Waals surface area contributed by atoms with E-state index in [1.807, 2.05) is 11.9 Å². The number of hydrogen-bond donors (Lipinski definition) is 2. The summed E-state index contributed by atoms with van der Waals surface area (Å²) in [5, 5.41) is 9.74. The highest BCUT2D eigenvalue weighted by atomic mass is 19.4. The van der Waals surface area contributed by atoms with Crippen molar-refractivity contribution < 1.29 is 41.8 Å². The molecule has 8 nitrogen and oxygen atoms in total. The topological polar surface area (TPSA) is 99.2 Å². The van der Waals surface area contributed by atoms with Gasteiger partial charge < -0.3 is 20.1 Å². The maximum absolute atomic E-state index is 14.1. The van der Waals surface area contributed by atoms with Crippen LogP contribution >= 0.6 is 0 Å². The molecule has 2 aliphatic heterocycles. The molecular formula is C16H23F4N3O5. The van der Waals surface area contributed by atoms with Crippen LogP contribution in [0.1, 0.15) is 19.3 Å². The maximum atomic E-state index is 14.1. The third-order valence-corrected chi connectivity index (χ3v) is 5.18. The molecule has 2 N–H and O–H groups in total. The SMILES string of the molecule is CNC(=O)C1COC2(CN(C(=O)C3(F)CCC3)C2)CN1C.O=C(O)C(F)(F)F. The number of carbonyl (C=O) groups excluding carboxylic acids is 2. The minimum atomic E-state index is -5.08. The Morgan fingerprint density at radius 3 is 2.07 bits per heavy atom. The molecule has 2 heterocycles. The number of aliphatic carboxylic acids is 1. The van der Waals surface area contributed by atoms with Crippen molar-refractivity contribution in [2.75, 3.05) is 40.3 Å². The fraction of sp³-hybridized carbons (Fsp3) is 0.812. The molecule has 1 unspecified atom stereocenters. The van der Waals surface area contributed by atoms with E-state index in [9.17, 15) is 27.2 Å². The number of amides is 2. The number of morpholine rings is 1. The summed E-state index contributed by atoms with van der Waals surface area (Å²) < 4.78 is 51.7. The fourth-order valence-corrected chi connectivity index (χ4v) is 3.40. The number of ether oxygens (including phenoxy) is 1. The maximum Gasteiger partial charge on any atom is 0.490 e. The minimum Gasteiger partial charge on any atom is -0.475 e. The molecule has 28 heavy (non-hydrogen) atoms. The Hall–Kier alpha value is -1.95. The molecule has 0 bridgehead atoms. The van der Waals surface area contributed by atoms with Gasteiger partial charge in [-0.1, -0.05) is 0 Å². The summed E-state index contributed by atoms with van der Waals surface area (Å²) in [7, 11) is 3.47. The van der Waals surface area contributed by atoms with E-state index in [4.69, 9.17) is 14.6 Å². The molecule has 1 spiro atoms. The van der Waals surface area contributed by atoms with E-state index >= 15 is 0 Å². The lowest BCUT2D eigenvalue weighted by molar-refractivity contribution is -0.208. The molecule has 3 rings (SSSR count). The molecule has 3 aliphatic rings. The van der Waals surface area contributed by atoms with E-state index in [1.165, 1.54) is 0 Å². The smallest absolute Gasteiger partial charge is 0.475 e. The van der Waals surface area contributed by atoms with Crippen LogP contribution in [0.5, 0.6) is 0 Å². The van der Waals surface area contributed by atoms with E-state index < -0.39 is 23.4 Å². The summed E-state index contributed by atoms with van der Waals surface area (Å²) in [4.78, 5) is 36.2. The van der Waals surface area contributed by atoms with Crippen molar-refractivity contribution in [3.63, 3.8) is 0 Å². The van der Waals surface area contributed by atoms with Crippen LogP contribution in [0.2, 0.25) is 0 Å². The number of hydrogen-bond acceptors (Lipinski definition) is 5. The Bertz CT molecular complexity index is 632. The molecule has 2 saturated heterocycles. The van der Waals surface area contributed by atoms with Gasteiger partial charge in [0.25, 0.3) is 5.91 Å². The summed E-state index contributed by atoms with van der Waals surface area (Å²) in [6.45, 7) is 1.72. The lowest BCUT2D eigenvalue weighted by Crippen LogP contribution is -2.74. The van der Waals surface area contributed by atoms with Crippen molar-refractivity contribution >= 4 is 17.8 Å². The molecule has 160 valence electrons. The molecule has 0 aromatic rings. The molecule has 2 amide bonds. The number of rotatable bonds is 2. The molecule has 1 saturated carbocycles. The molecule has 1 atom stereocenters. The molecule has 3 fully saturated rings. The van der Waals surface area contributed by atoms with Gasteiger partial charge in [0.1, 0.15) is 11.6 Å². The minimum absolute atomic E-state index is 0.0724. The van der Waals surface area contributed by atoms with Gasteiger partial charge in [-0.2, -0.15) is 13.2 Å². The largest absolute Gasteiger partial charge is 0.490 e. The number of nitrogens with one attached hydrogen (secondary N) is 1. The number of carboxylic acids is 1. The number of halogens is 4. The zero-order valence-electron chi connectivity index (χ0n) is 15.5. The fourth-order valence-electron chi connectivity index (χ4n) is 3.40. The summed E-state index contributed by atoms with van der Waals surface area (Å²) in [5.74, 6) is -3.22. The summed E-state index contributed by atoms with van der Waals surface area (Å²) in [6.07, 6.45) is -3.61. The van der Waals surface area contributed by atoms with Crippen LogP contribution in [-0.4, -0.2) is 96.5 Å². The number of nitrogens with zero attached hydrogens (tertiary/aromatic N) is 2. The second-order valence-corrected chi connectivity index (χ2v) is 7.32. The zero-order chi connectivity index (χ0) is 21.3. The van der Waals surface area contributed by atoms with Crippen LogP contribution in [0.4, 0.5) is 17.6 Å². The lowest BCUT2D eigenvalue weighted by atomic mass is 9.79. The normalized spacial score (nSPS) is 25.6. The van der Waals surface area contributed by atoms with Gasteiger partial charge in [-0.25, -0.2) is 9.18 Å². The monoisotopic (exact) mass is 413 g/mol. The first-order valence-corrected chi connectivity index (χ1v) is 8.68. The number of likely N-dealkylation sites (tertiary alicyclic amines) is 1. The van der Waals surface area contributed by atoms with Gasteiger partial charge in [0.05, 0.1) is 19.7 Å². The lowest BCUT2D eigenvalue weighted by Gasteiger charge is -2.56. The van der Waals surface area contributed by atoms with Crippen molar-refractivity contribution in [2.24, 2.45) is 0 Å². The van der Waals surface area contributed by atoms with E-state index in [2.05, 4.69) is 5.32 Å². The Balaban J connectivity index is 0.000000345. The van der Waals surface area contributed by atoms with Crippen molar-refractivity contribution in [1.29, 1.82) is 0 Å². The predicted octanol–water partition coefficient (Wildman–Crippen LogP) is 0.170. The first kappa shape index (κ1) is 22.3. The molecular weight excluding hydrogens is 390 g/mol. The van der Waals surface area contributed by atoms with Crippen LogP contribution < -0.4 is 5.32 Å². The average Bonchev–Trinajstić information content (AvgIpc) is 2.55. The van der Waals surface area contributed by atoms with Crippen LogP contribution in [0.15, 0.2) is 0 Å². The third kappa shape index (κ3) is 4.54. The van der Waals surface area contributed by atoms with Crippen molar-refractivity contribution in [1.82, 2.24) is 15.1 Å². The van der Waals surface area contributed by atoms with Gasteiger partial charge in [-0.3, -0.25) is 14.5 Å². The first-order valence-electron chi connectivity index (χ1n) is 8.68. The molecule has 0 aromatic heterocycles. The quantitative estimate of drug-likeness (QED) is 0.627. The van der Waals surface area contributed by atoms with Crippen LogP contribution in [0.3, 0.4) is 0 Å². The number of carbonyl (C=O) groups is 3. The Labute approximate surface area is 158 Å². The van der Waals surface area contributed by atoms with Crippen molar-refractivity contribution in [3.8, 4) is 0 Å². The Morgan fingerprint density at radius 1 is 1.18 bits per heavy atom. The summed E-state index contributed by atoms with van der Waals surface area (Å²) in [5.41, 5.74) is -2.07. The molecule has 0 radical (unpaired) electrons. The van der Waals surface area contributed by atoms with Gasteiger partial charge in [-0.15, -0.1) is 0 Å². The predicted molar refractivity (Wildman–Crippen MR) is 87.1 cm³/mol. The van der Waals surface area contributed by atoms with Crippen LogP contribution in [-0.2, 0) is 19.1 Å². The van der Waals surface area contributed by atoms with Gasteiger partial charge in [0, 0.05) is 13.6 Å². The first-order chi connectivity index (χ1) is 12.8. The van der Waals surface area contributed by atoms with E-state index in [0.29, 0.717) is 39.1 Å². The highest BCUT2D eigenvalue weighted by molar-refractivity contribution is 5.87. The summed E-state index contributed by atoms with van der Waals surface area (Å²) in [6, 6.07) is -0.301. The Morgan fingerprint density at radius 2 is 1.71 bits per heavy atom. The molecule has 0 aromatic carbocycles. The summed E-state index contributed by atoms with van der Waals surface area (Å²) >= 11 is 0. The van der Waals surface area contributed by atoms with Crippen LogP contribution in [0.25, 0.3) is 0 Å². The molecule has 12 heteroatoms. The number of carboxylic acid groups (broad SMARTS) is 1. The van der Waals surface area contributed by atoms with Gasteiger partial charge >= 0.3 is 12.1 Å². The van der Waals surface area contributed by atoms with Gasteiger partial charge in [-0.05, 0) is 26.3 Å².